The van der Waals surface area contributed by atoms with Crippen LogP contribution in [0.3, 0.4) is 0 Å². The van der Waals surface area contributed by atoms with E-state index >= 15 is 0 Å². The molecule has 4 heteroatoms. The molecule has 2 rings (SSSR count). The molecular formula is C14H26N4. The van der Waals surface area contributed by atoms with Gasteiger partial charge in [0.15, 0.2) is 0 Å². The van der Waals surface area contributed by atoms with Crippen molar-refractivity contribution in [1.29, 1.82) is 0 Å². The van der Waals surface area contributed by atoms with Crippen molar-refractivity contribution in [2.45, 2.75) is 44.7 Å². The molecule has 1 N–H and O–H groups in total. The van der Waals surface area contributed by atoms with Crippen LogP contribution >= 0.6 is 0 Å². The minimum atomic E-state index is 0.845. The number of aromatic nitrogens is 2. The van der Waals surface area contributed by atoms with Crippen molar-refractivity contribution in [2.24, 2.45) is 0 Å². The minimum absolute atomic E-state index is 0.845. The highest BCUT2D eigenvalue weighted by Gasteiger charge is 2.18. The van der Waals surface area contributed by atoms with Crippen LogP contribution in [0.2, 0.25) is 0 Å². The first-order valence-electron chi connectivity index (χ1n) is 7.23. The SMILES string of the molecule is CN(CCNCCCn1ccnc1)C1CCCC1. The lowest BCUT2D eigenvalue weighted by atomic mass is 10.2. The Kier molecular flexibility index (Phi) is 5.68. The quantitative estimate of drug-likeness (QED) is 0.713. The van der Waals surface area contributed by atoms with Gasteiger partial charge in [0.05, 0.1) is 6.33 Å². The number of nitrogens with one attached hydrogen (secondary N) is 1. The van der Waals surface area contributed by atoms with Crippen LogP contribution in [0.1, 0.15) is 32.1 Å². The number of nitrogens with zero attached hydrogens (tertiary/aromatic N) is 3. The van der Waals surface area contributed by atoms with Crippen molar-refractivity contribution in [2.75, 3.05) is 26.7 Å². The number of hydrogen-bond donors (Lipinski definition) is 1. The van der Waals surface area contributed by atoms with Gasteiger partial charge in [-0.05, 0) is 32.9 Å². The molecule has 102 valence electrons. The summed E-state index contributed by atoms with van der Waals surface area (Å²) in [4.78, 5) is 6.56. The van der Waals surface area contributed by atoms with Gasteiger partial charge in [-0.3, -0.25) is 0 Å². The predicted octanol–water partition coefficient (Wildman–Crippen LogP) is 1.74. The summed E-state index contributed by atoms with van der Waals surface area (Å²) in [5, 5.41) is 3.53. The Morgan fingerprint density at radius 3 is 2.89 bits per heavy atom. The van der Waals surface area contributed by atoms with E-state index in [1.54, 1.807) is 0 Å². The maximum Gasteiger partial charge on any atom is 0.0945 e. The average Bonchev–Trinajstić information content (AvgIpc) is 3.05. The van der Waals surface area contributed by atoms with Crippen LogP contribution in [0.15, 0.2) is 18.7 Å². The molecule has 0 unspecified atom stereocenters. The van der Waals surface area contributed by atoms with Gasteiger partial charge in [0.2, 0.25) is 0 Å². The summed E-state index contributed by atoms with van der Waals surface area (Å²) in [5.41, 5.74) is 0. The molecule has 0 atom stereocenters. The summed E-state index contributed by atoms with van der Waals surface area (Å²) in [7, 11) is 2.27. The lowest BCUT2D eigenvalue weighted by Gasteiger charge is -2.23. The van der Waals surface area contributed by atoms with Crippen LogP contribution in [0, 0.1) is 0 Å². The molecule has 1 aromatic rings. The number of imidazole rings is 1. The Morgan fingerprint density at radius 2 is 2.17 bits per heavy atom. The van der Waals surface area contributed by atoms with Gasteiger partial charge < -0.3 is 14.8 Å². The smallest absolute Gasteiger partial charge is 0.0945 e. The number of rotatable bonds is 8. The second kappa shape index (κ2) is 7.54. The predicted molar refractivity (Wildman–Crippen MR) is 74.6 cm³/mol. The molecule has 0 amide bonds. The van der Waals surface area contributed by atoms with Gasteiger partial charge in [0, 0.05) is 38.1 Å². The molecule has 1 fully saturated rings. The summed E-state index contributed by atoms with van der Waals surface area (Å²) in [5.74, 6) is 0. The minimum Gasteiger partial charge on any atom is -0.337 e. The molecular weight excluding hydrogens is 224 g/mol. The number of aryl methyl sites for hydroxylation is 1. The van der Waals surface area contributed by atoms with Crippen LogP contribution < -0.4 is 5.32 Å². The first-order chi connectivity index (χ1) is 8.86. The number of likely N-dealkylation sites (N-methyl/N-ethyl adjacent to an activating group) is 1. The largest absolute Gasteiger partial charge is 0.337 e. The van der Waals surface area contributed by atoms with Crippen molar-refractivity contribution in [1.82, 2.24) is 19.8 Å². The zero-order valence-electron chi connectivity index (χ0n) is 11.5. The number of hydrogen-bond acceptors (Lipinski definition) is 3. The molecule has 1 aromatic heterocycles. The normalized spacial score (nSPS) is 16.8. The van der Waals surface area contributed by atoms with Crippen molar-refractivity contribution in [3.63, 3.8) is 0 Å². The third-order valence-corrected chi connectivity index (χ3v) is 3.92. The lowest BCUT2D eigenvalue weighted by Crippen LogP contribution is -2.35. The van der Waals surface area contributed by atoms with Gasteiger partial charge in [0.25, 0.3) is 0 Å². The van der Waals surface area contributed by atoms with E-state index in [0.29, 0.717) is 0 Å². The molecule has 1 aliphatic rings. The highest BCUT2D eigenvalue weighted by molar-refractivity contribution is 4.76. The maximum absolute atomic E-state index is 4.04. The van der Waals surface area contributed by atoms with Crippen LogP contribution in [0.5, 0.6) is 0 Å². The fourth-order valence-electron chi connectivity index (χ4n) is 2.71. The summed E-state index contributed by atoms with van der Waals surface area (Å²) in [6.07, 6.45) is 12.6. The molecule has 0 spiro atoms. The fraction of sp³-hybridized carbons (Fsp3) is 0.786. The summed E-state index contributed by atoms with van der Waals surface area (Å²) >= 11 is 0. The Morgan fingerprint density at radius 1 is 1.33 bits per heavy atom. The molecule has 4 nitrogen and oxygen atoms in total. The van der Waals surface area contributed by atoms with Gasteiger partial charge in [-0.15, -0.1) is 0 Å². The van der Waals surface area contributed by atoms with E-state index < -0.39 is 0 Å². The molecule has 0 bridgehead atoms. The fourth-order valence-corrected chi connectivity index (χ4v) is 2.71. The van der Waals surface area contributed by atoms with E-state index in [0.717, 1.165) is 25.7 Å². The van der Waals surface area contributed by atoms with Gasteiger partial charge in [-0.2, -0.15) is 0 Å². The molecule has 18 heavy (non-hydrogen) atoms. The summed E-state index contributed by atoms with van der Waals surface area (Å²) < 4.78 is 2.13. The van der Waals surface area contributed by atoms with Gasteiger partial charge in [-0.25, -0.2) is 4.98 Å². The summed E-state index contributed by atoms with van der Waals surface area (Å²) in [6, 6.07) is 0.845. The second-order valence-electron chi connectivity index (χ2n) is 5.32. The standard InChI is InChI=1S/C14H26N4/c1-17(14-5-2-3-6-14)11-8-15-7-4-10-18-12-9-16-13-18/h9,12-15H,2-8,10-11H2,1H3. The second-order valence-corrected chi connectivity index (χ2v) is 5.32. The Hall–Kier alpha value is -0.870. The van der Waals surface area contributed by atoms with Crippen LogP contribution in [0.4, 0.5) is 0 Å². The molecule has 0 aliphatic heterocycles. The van der Waals surface area contributed by atoms with E-state index in [4.69, 9.17) is 0 Å². The van der Waals surface area contributed by atoms with E-state index in [-0.39, 0.29) is 0 Å². The topological polar surface area (TPSA) is 33.1 Å². The zero-order valence-corrected chi connectivity index (χ0v) is 11.5. The first kappa shape index (κ1) is 13.6. The van der Waals surface area contributed by atoms with Crippen LogP contribution in [-0.4, -0.2) is 47.2 Å². The lowest BCUT2D eigenvalue weighted by molar-refractivity contribution is 0.245. The van der Waals surface area contributed by atoms with Crippen molar-refractivity contribution < 1.29 is 0 Å². The van der Waals surface area contributed by atoms with E-state index in [9.17, 15) is 0 Å². The monoisotopic (exact) mass is 250 g/mol. The Bertz CT molecular complexity index is 304. The van der Waals surface area contributed by atoms with E-state index in [1.165, 1.54) is 38.6 Å². The van der Waals surface area contributed by atoms with Gasteiger partial charge >= 0.3 is 0 Å². The molecule has 1 heterocycles. The van der Waals surface area contributed by atoms with Crippen LogP contribution in [-0.2, 0) is 6.54 Å². The van der Waals surface area contributed by atoms with E-state index in [1.807, 2.05) is 18.7 Å². The first-order valence-corrected chi connectivity index (χ1v) is 7.23. The van der Waals surface area contributed by atoms with Gasteiger partial charge in [-0.1, -0.05) is 12.8 Å². The van der Waals surface area contributed by atoms with Gasteiger partial charge in [0.1, 0.15) is 0 Å². The maximum atomic E-state index is 4.04. The molecule has 0 aromatic carbocycles. The molecule has 1 saturated carbocycles. The van der Waals surface area contributed by atoms with Crippen molar-refractivity contribution in [3.8, 4) is 0 Å². The Balaban J connectivity index is 1.45. The highest BCUT2D eigenvalue weighted by Crippen LogP contribution is 2.21. The third kappa shape index (κ3) is 4.42. The molecule has 0 saturated heterocycles. The average molecular weight is 250 g/mol. The van der Waals surface area contributed by atoms with Crippen LogP contribution in [0.25, 0.3) is 0 Å². The Labute approximate surface area is 110 Å². The van der Waals surface area contributed by atoms with Crippen molar-refractivity contribution >= 4 is 0 Å². The van der Waals surface area contributed by atoms with Crippen molar-refractivity contribution in [3.05, 3.63) is 18.7 Å². The molecule has 1 aliphatic carbocycles. The molecule has 0 radical (unpaired) electrons. The highest BCUT2D eigenvalue weighted by atomic mass is 15.1. The zero-order chi connectivity index (χ0) is 12.6. The third-order valence-electron chi connectivity index (χ3n) is 3.92. The van der Waals surface area contributed by atoms with E-state index in [2.05, 4.69) is 26.8 Å². The summed E-state index contributed by atoms with van der Waals surface area (Å²) in [6.45, 7) is 4.44.